The van der Waals surface area contributed by atoms with Crippen molar-refractivity contribution in [2.24, 2.45) is 5.92 Å². The van der Waals surface area contributed by atoms with Crippen molar-refractivity contribution in [1.29, 1.82) is 0 Å². The summed E-state index contributed by atoms with van der Waals surface area (Å²) in [7, 11) is 2.79. The number of methoxy groups -OCH3 is 2. The van der Waals surface area contributed by atoms with E-state index in [1.165, 1.54) is 14.2 Å². The molecule has 0 rings (SSSR count). The van der Waals surface area contributed by atoms with Gasteiger partial charge in [0, 0.05) is 20.6 Å². The summed E-state index contributed by atoms with van der Waals surface area (Å²) in [5.41, 5.74) is 0. The van der Waals surface area contributed by atoms with Gasteiger partial charge in [0.1, 0.15) is 0 Å². The maximum absolute atomic E-state index is 11.3. The normalized spacial score (nSPS) is 13.8. The summed E-state index contributed by atoms with van der Waals surface area (Å²) in [6, 6.07) is 0. The van der Waals surface area contributed by atoms with Gasteiger partial charge in [0.05, 0.1) is 6.10 Å². The molecule has 0 unspecified atom stereocenters. The lowest BCUT2D eigenvalue weighted by molar-refractivity contribution is -0.159. The van der Waals surface area contributed by atoms with Crippen LogP contribution in [0.2, 0.25) is 0 Å². The van der Waals surface area contributed by atoms with Gasteiger partial charge in [-0.1, -0.05) is 13.8 Å². The van der Waals surface area contributed by atoms with E-state index in [1.54, 1.807) is 0 Å². The number of rotatable bonds is 6. The molecule has 0 radical (unpaired) electrons. The van der Waals surface area contributed by atoms with E-state index in [9.17, 15) is 9.90 Å². The molecule has 0 aromatic heterocycles. The second-order valence-electron chi connectivity index (χ2n) is 3.29. The largest absolute Gasteiger partial charge is 0.392 e. The lowest BCUT2D eigenvalue weighted by Crippen LogP contribution is -2.30. The molecule has 1 atom stereocenters. The first-order valence-electron chi connectivity index (χ1n) is 4.29. The molecule has 13 heavy (non-hydrogen) atoms. The zero-order valence-electron chi connectivity index (χ0n) is 8.61. The zero-order valence-corrected chi connectivity index (χ0v) is 8.61. The van der Waals surface area contributed by atoms with Crippen molar-refractivity contribution in [2.75, 3.05) is 14.2 Å². The van der Waals surface area contributed by atoms with Gasteiger partial charge in [0.15, 0.2) is 5.78 Å². The van der Waals surface area contributed by atoms with Crippen molar-refractivity contribution < 1.29 is 19.4 Å². The van der Waals surface area contributed by atoms with Gasteiger partial charge in [-0.05, 0) is 5.92 Å². The summed E-state index contributed by atoms with van der Waals surface area (Å²) in [5, 5.41) is 9.40. The lowest BCUT2D eigenvalue weighted by Gasteiger charge is -2.17. The van der Waals surface area contributed by atoms with E-state index in [0.717, 1.165) is 0 Å². The van der Waals surface area contributed by atoms with Gasteiger partial charge in [-0.25, -0.2) is 0 Å². The van der Waals surface area contributed by atoms with Gasteiger partial charge in [-0.2, -0.15) is 0 Å². The van der Waals surface area contributed by atoms with Crippen LogP contribution < -0.4 is 0 Å². The Morgan fingerprint density at radius 1 is 1.31 bits per heavy atom. The molecule has 4 nitrogen and oxygen atoms in total. The molecule has 0 aromatic rings. The van der Waals surface area contributed by atoms with Gasteiger partial charge < -0.3 is 14.6 Å². The molecule has 0 aliphatic heterocycles. The van der Waals surface area contributed by atoms with Crippen molar-refractivity contribution in [1.82, 2.24) is 0 Å². The second-order valence-corrected chi connectivity index (χ2v) is 3.29. The average molecular weight is 190 g/mol. The molecular formula is C9H18O4. The zero-order chi connectivity index (χ0) is 10.4. The van der Waals surface area contributed by atoms with Crippen molar-refractivity contribution >= 4 is 5.78 Å². The molecule has 0 bridgehead atoms. The number of ketones is 1. The highest BCUT2D eigenvalue weighted by Crippen LogP contribution is 2.08. The summed E-state index contributed by atoms with van der Waals surface area (Å²) >= 11 is 0. The van der Waals surface area contributed by atoms with E-state index >= 15 is 0 Å². The smallest absolute Gasteiger partial charge is 0.217 e. The fourth-order valence-corrected chi connectivity index (χ4v) is 0.897. The number of aliphatic hydroxyl groups excluding tert-OH is 1. The lowest BCUT2D eigenvalue weighted by atomic mass is 10.0. The van der Waals surface area contributed by atoms with Crippen molar-refractivity contribution in [3.63, 3.8) is 0 Å². The third kappa shape index (κ3) is 4.36. The SMILES string of the molecule is COC(OC)C(=O)C[C@@H](O)C(C)C. The van der Waals surface area contributed by atoms with E-state index in [2.05, 4.69) is 0 Å². The highest BCUT2D eigenvalue weighted by Gasteiger charge is 2.21. The minimum atomic E-state index is -0.853. The van der Waals surface area contributed by atoms with Gasteiger partial charge in [0.2, 0.25) is 6.29 Å². The molecule has 0 aromatic carbocycles. The highest BCUT2D eigenvalue weighted by molar-refractivity contribution is 5.82. The van der Waals surface area contributed by atoms with Crippen LogP contribution >= 0.6 is 0 Å². The number of carbonyl (C=O) groups is 1. The standard InChI is InChI=1S/C9H18O4/c1-6(2)7(10)5-8(11)9(12-3)13-4/h6-7,9-10H,5H2,1-4H3/t7-/m1/s1. The quantitative estimate of drug-likeness (QED) is 0.622. The van der Waals surface area contributed by atoms with Crippen LogP contribution in [0.1, 0.15) is 20.3 Å². The highest BCUT2D eigenvalue weighted by atomic mass is 16.7. The number of hydrogen-bond donors (Lipinski definition) is 1. The molecule has 0 saturated carbocycles. The van der Waals surface area contributed by atoms with Crippen molar-refractivity contribution in [2.45, 2.75) is 32.7 Å². The molecule has 4 heteroatoms. The van der Waals surface area contributed by atoms with E-state index in [4.69, 9.17) is 9.47 Å². The van der Waals surface area contributed by atoms with E-state index in [0.29, 0.717) is 0 Å². The summed E-state index contributed by atoms with van der Waals surface area (Å²) in [4.78, 5) is 11.3. The average Bonchev–Trinajstić information content (AvgIpc) is 2.06. The van der Waals surface area contributed by atoms with Gasteiger partial charge in [0.25, 0.3) is 0 Å². The number of hydrogen-bond acceptors (Lipinski definition) is 4. The predicted octanol–water partition coefficient (Wildman–Crippen LogP) is 0.581. The Labute approximate surface area is 78.8 Å². The first-order chi connectivity index (χ1) is 6.02. The summed E-state index contributed by atoms with van der Waals surface area (Å²) in [5.74, 6) is -0.162. The van der Waals surface area contributed by atoms with Crippen LogP contribution in [0.15, 0.2) is 0 Å². The van der Waals surface area contributed by atoms with Crippen LogP contribution in [-0.2, 0) is 14.3 Å². The van der Waals surface area contributed by atoms with Crippen LogP contribution in [0.3, 0.4) is 0 Å². The van der Waals surface area contributed by atoms with E-state index in [-0.39, 0.29) is 18.1 Å². The molecule has 78 valence electrons. The Bertz CT molecular complexity index is 152. The number of ether oxygens (including phenoxy) is 2. The van der Waals surface area contributed by atoms with E-state index in [1.807, 2.05) is 13.8 Å². The Kier molecular flexibility index (Phi) is 5.86. The van der Waals surface area contributed by atoms with Crippen LogP contribution in [0.25, 0.3) is 0 Å². The van der Waals surface area contributed by atoms with Gasteiger partial charge in [-0.3, -0.25) is 4.79 Å². The van der Waals surface area contributed by atoms with Gasteiger partial charge >= 0.3 is 0 Å². The maximum Gasteiger partial charge on any atom is 0.217 e. The van der Waals surface area contributed by atoms with Gasteiger partial charge in [-0.15, -0.1) is 0 Å². The summed E-state index contributed by atoms with van der Waals surface area (Å²) in [6.07, 6.45) is -1.40. The minimum Gasteiger partial charge on any atom is -0.392 e. The van der Waals surface area contributed by atoms with Crippen LogP contribution in [0.5, 0.6) is 0 Å². The molecule has 0 fully saturated rings. The molecule has 0 heterocycles. The van der Waals surface area contributed by atoms with Crippen LogP contribution in [-0.4, -0.2) is 37.5 Å². The van der Waals surface area contributed by atoms with Crippen molar-refractivity contribution in [3.05, 3.63) is 0 Å². The number of Topliss-reactive ketones (excluding diaryl/α,β-unsaturated/α-hetero) is 1. The Hall–Kier alpha value is -0.450. The fraction of sp³-hybridized carbons (Fsp3) is 0.889. The maximum atomic E-state index is 11.3. The molecule has 0 amide bonds. The third-order valence-corrected chi connectivity index (χ3v) is 1.87. The number of carbonyl (C=O) groups excluding carboxylic acids is 1. The fourth-order valence-electron chi connectivity index (χ4n) is 0.897. The summed E-state index contributed by atoms with van der Waals surface area (Å²) < 4.78 is 9.52. The molecule has 1 N–H and O–H groups in total. The summed E-state index contributed by atoms with van der Waals surface area (Å²) in [6.45, 7) is 3.71. The van der Waals surface area contributed by atoms with E-state index < -0.39 is 12.4 Å². The number of aliphatic hydroxyl groups is 1. The first-order valence-corrected chi connectivity index (χ1v) is 4.29. The molecule has 0 aliphatic carbocycles. The monoisotopic (exact) mass is 190 g/mol. The topological polar surface area (TPSA) is 55.8 Å². The van der Waals surface area contributed by atoms with Crippen molar-refractivity contribution in [3.8, 4) is 0 Å². The second kappa shape index (κ2) is 6.07. The van der Waals surface area contributed by atoms with Crippen LogP contribution in [0, 0.1) is 5.92 Å². The first kappa shape index (κ1) is 12.6. The van der Waals surface area contributed by atoms with Crippen LogP contribution in [0.4, 0.5) is 0 Å². The third-order valence-electron chi connectivity index (χ3n) is 1.87. The molecular weight excluding hydrogens is 172 g/mol. The molecule has 0 saturated heterocycles. The molecule has 0 spiro atoms. The Morgan fingerprint density at radius 2 is 1.77 bits per heavy atom. The Balaban J connectivity index is 3.98. The Morgan fingerprint density at radius 3 is 2.08 bits per heavy atom. The minimum absolute atomic E-state index is 0.0679. The molecule has 0 aliphatic rings. The predicted molar refractivity (Wildman–Crippen MR) is 48.3 cm³/mol.